The first-order valence-corrected chi connectivity index (χ1v) is 6.44. The highest BCUT2D eigenvalue weighted by molar-refractivity contribution is 5.91. The van der Waals surface area contributed by atoms with E-state index in [2.05, 4.69) is 11.8 Å². The lowest BCUT2D eigenvalue weighted by molar-refractivity contribution is 0.0450. The van der Waals surface area contributed by atoms with Gasteiger partial charge in [0.25, 0.3) is 5.91 Å². The molecule has 2 heterocycles. The van der Waals surface area contributed by atoms with Crippen molar-refractivity contribution in [2.24, 2.45) is 0 Å². The molecule has 1 aliphatic rings. The molecule has 1 aromatic rings. The zero-order chi connectivity index (χ0) is 13.0. The molecule has 5 nitrogen and oxygen atoms in total. The molecular formula is C13H20N2O3. The molecule has 18 heavy (non-hydrogen) atoms. The van der Waals surface area contributed by atoms with E-state index in [1.807, 2.05) is 0 Å². The fourth-order valence-electron chi connectivity index (χ4n) is 2.35. The Hall–Kier alpha value is -1.33. The molecule has 5 heteroatoms. The maximum Gasteiger partial charge on any atom is 0.289 e. The van der Waals surface area contributed by atoms with Crippen LogP contribution in [0.15, 0.2) is 22.8 Å². The maximum atomic E-state index is 12.0. The summed E-state index contributed by atoms with van der Waals surface area (Å²) >= 11 is 0. The van der Waals surface area contributed by atoms with Gasteiger partial charge in [-0.3, -0.25) is 9.69 Å². The van der Waals surface area contributed by atoms with Gasteiger partial charge in [-0.2, -0.15) is 0 Å². The smallest absolute Gasteiger partial charge is 0.289 e. The van der Waals surface area contributed by atoms with Crippen LogP contribution in [0.3, 0.4) is 0 Å². The van der Waals surface area contributed by atoms with Crippen LogP contribution in [0.1, 0.15) is 23.9 Å². The van der Waals surface area contributed by atoms with E-state index in [1.165, 1.54) is 6.26 Å². The molecule has 1 fully saturated rings. The molecule has 1 aliphatic heterocycles. The van der Waals surface area contributed by atoms with Crippen LogP contribution in [-0.4, -0.2) is 59.6 Å². The zero-order valence-corrected chi connectivity index (χ0v) is 10.7. The van der Waals surface area contributed by atoms with Gasteiger partial charge in [-0.25, -0.2) is 0 Å². The Bertz CT molecular complexity index is 366. The average molecular weight is 252 g/mol. The Labute approximate surface area is 107 Å². The van der Waals surface area contributed by atoms with E-state index in [9.17, 15) is 9.90 Å². The predicted molar refractivity (Wildman–Crippen MR) is 67.3 cm³/mol. The Kier molecular flexibility index (Phi) is 4.38. The summed E-state index contributed by atoms with van der Waals surface area (Å²) < 4.78 is 5.12. The summed E-state index contributed by atoms with van der Waals surface area (Å²) in [6.45, 7) is 5.26. The van der Waals surface area contributed by atoms with Gasteiger partial charge in [0.1, 0.15) is 0 Å². The van der Waals surface area contributed by atoms with E-state index in [4.69, 9.17) is 4.42 Å². The van der Waals surface area contributed by atoms with E-state index in [0.29, 0.717) is 18.8 Å². The third kappa shape index (κ3) is 2.73. The van der Waals surface area contributed by atoms with E-state index < -0.39 is 0 Å². The molecule has 0 saturated carbocycles. The van der Waals surface area contributed by atoms with Crippen molar-refractivity contribution in [1.29, 1.82) is 0 Å². The van der Waals surface area contributed by atoms with Crippen molar-refractivity contribution in [2.75, 3.05) is 32.8 Å². The monoisotopic (exact) mass is 252 g/mol. The van der Waals surface area contributed by atoms with E-state index in [-0.39, 0.29) is 18.6 Å². The van der Waals surface area contributed by atoms with Crippen LogP contribution in [0.25, 0.3) is 0 Å². The minimum atomic E-state index is -0.0447. The number of nitrogens with zero attached hydrogens (tertiary/aromatic N) is 2. The van der Waals surface area contributed by atoms with Crippen LogP contribution in [-0.2, 0) is 0 Å². The summed E-state index contributed by atoms with van der Waals surface area (Å²) in [5.74, 6) is 0.356. The van der Waals surface area contributed by atoms with Gasteiger partial charge in [0.05, 0.1) is 12.9 Å². The summed E-state index contributed by atoms with van der Waals surface area (Å²) in [6, 6.07) is 3.63. The number of carbonyl (C=O) groups is 1. The minimum absolute atomic E-state index is 0.0447. The van der Waals surface area contributed by atoms with Gasteiger partial charge in [0.15, 0.2) is 5.76 Å². The maximum absolute atomic E-state index is 12.0. The molecule has 2 rings (SSSR count). The number of rotatable bonds is 4. The Morgan fingerprint density at radius 2 is 2.17 bits per heavy atom. The highest BCUT2D eigenvalue weighted by Gasteiger charge is 2.26. The first-order valence-electron chi connectivity index (χ1n) is 6.44. The van der Waals surface area contributed by atoms with E-state index in [1.54, 1.807) is 17.0 Å². The average Bonchev–Trinajstić information content (AvgIpc) is 2.94. The summed E-state index contributed by atoms with van der Waals surface area (Å²) in [5, 5.41) is 9.27. The van der Waals surface area contributed by atoms with Crippen molar-refractivity contribution >= 4 is 5.91 Å². The molecule has 0 spiro atoms. The van der Waals surface area contributed by atoms with Crippen LogP contribution in [0, 0.1) is 0 Å². The van der Waals surface area contributed by atoms with Gasteiger partial charge in [-0.1, -0.05) is 6.92 Å². The van der Waals surface area contributed by atoms with E-state index >= 15 is 0 Å². The first-order chi connectivity index (χ1) is 8.76. The van der Waals surface area contributed by atoms with Crippen molar-refractivity contribution in [3.8, 4) is 0 Å². The molecule has 1 amide bonds. The molecular weight excluding hydrogens is 232 g/mol. The van der Waals surface area contributed by atoms with Crippen molar-refractivity contribution in [3.63, 3.8) is 0 Å². The third-order valence-corrected chi connectivity index (χ3v) is 3.53. The highest BCUT2D eigenvalue weighted by atomic mass is 16.3. The second kappa shape index (κ2) is 6.02. The third-order valence-electron chi connectivity index (χ3n) is 3.53. The Morgan fingerprint density at radius 1 is 1.44 bits per heavy atom. The Balaban J connectivity index is 1.89. The molecule has 0 aliphatic carbocycles. The Morgan fingerprint density at radius 3 is 2.67 bits per heavy atom. The largest absolute Gasteiger partial charge is 0.459 e. The second-order valence-electron chi connectivity index (χ2n) is 4.55. The minimum Gasteiger partial charge on any atom is -0.459 e. The number of aliphatic hydroxyl groups excluding tert-OH is 1. The second-order valence-corrected chi connectivity index (χ2v) is 4.55. The standard InChI is InChI=1S/C13H20N2O3/c1-2-11(10-16)14-5-7-15(8-6-14)13(17)12-4-3-9-18-12/h3-4,9,11,16H,2,5-8,10H2,1H3. The molecule has 1 N–H and O–H groups in total. The number of piperazine rings is 1. The highest BCUT2D eigenvalue weighted by Crippen LogP contribution is 2.12. The summed E-state index contributed by atoms with van der Waals surface area (Å²) in [7, 11) is 0. The van der Waals surface area contributed by atoms with Gasteiger partial charge in [0.2, 0.25) is 0 Å². The fraction of sp³-hybridized carbons (Fsp3) is 0.615. The predicted octanol–water partition coefficient (Wildman–Crippen LogP) is 0.808. The molecule has 1 atom stereocenters. The molecule has 0 aromatic carbocycles. The van der Waals surface area contributed by atoms with Gasteiger partial charge >= 0.3 is 0 Å². The lowest BCUT2D eigenvalue weighted by Gasteiger charge is -2.38. The molecule has 0 bridgehead atoms. The lowest BCUT2D eigenvalue weighted by atomic mass is 10.1. The molecule has 100 valence electrons. The molecule has 1 unspecified atom stereocenters. The summed E-state index contributed by atoms with van der Waals surface area (Å²) in [6.07, 6.45) is 2.45. The number of carbonyl (C=O) groups excluding carboxylic acids is 1. The number of hydrogen-bond donors (Lipinski definition) is 1. The normalized spacial score (nSPS) is 18.9. The summed E-state index contributed by atoms with van der Waals surface area (Å²) in [5.41, 5.74) is 0. The topological polar surface area (TPSA) is 56.9 Å². The van der Waals surface area contributed by atoms with Crippen LogP contribution in [0.5, 0.6) is 0 Å². The van der Waals surface area contributed by atoms with Gasteiger partial charge in [0, 0.05) is 32.2 Å². The first kappa shape index (κ1) is 13.1. The molecule has 0 radical (unpaired) electrons. The quantitative estimate of drug-likeness (QED) is 0.861. The summed E-state index contributed by atoms with van der Waals surface area (Å²) in [4.78, 5) is 16.1. The van der Waals surface area contributed by atoms with Gasteiger partial charge in [-0.05, 0) is 18.6 Å². The van der Waals surface area contributed by atoms with Crippen molar-refractivity contribution in [1.82, 2.24) is 9.80 Å². The van der Waals surface area contributed by atoms with Crippen LogP contribution in [0.4, 0.5) is 0 Å². The van der Waals surface area contributed by atoms with Crippen molar-refractivity contribution < 1.29 is 14.3 Å². The SMILES string of the molecule is CCC(CO)N1CCN(C(=O)c2ccco2)CC1. The van der Waals surface area contributed by atoms with Crippen LogP contribution in [0.2, 0.25) is 0 Å². The van der Waals surface area contributed by atoms with Crippen LogP contribution < -0.4 is 0 Å². The van der Waals surface area contributed by atoms with E-state index in [0.717, 1.165) is 19.5 Å². The molecule has 1 aromatic heterocycles. The van der Waals surface area contributed by atoms with Crippen LogP contribution >= 0.6 is 0 Å². The van der Waals surface area contributed by atoms with Crippen molar-refractivity contribution in [2.45, 2.75) is 19.4 Å². The number of amides is 1. The number of aliphatic hydroxyl groups is 1. The molecule has 1 saturated heterocycles. The number of furan rings is 1. The fourth-order valence-corrected chi connectivity index (χ4v) is 2.35. The van der Waals surface area contributed by atoms with Crippen molar-refractivity contribution in [3.05, 3.63) is 24.2 Å². The zero-order valence-electron chi connectivity index (χ0n) is 10.7. The lowest BCUT2D eigenvalue weighted by Crippen LogP contribution is -2.52. The van der Waals surface area contributed by atoms with Gasteiger partial charge in [-0.15, -0.1) is 0 Å². The van der Waals surface area contributed by atoms with Gasteiger partial charge < -0.3 is 14.4 Å². The number of hydrogen-bond acceptors (Lipinski definition) is 4.